The maximum atomic E-state index is 14.8. The van der Waals surface area contributed by atoms with E-state index in [1.807, 2.05) is 37.7 Å². The quantitative estimate of drug-likeness (QED) is 0.320. The molecule has 1 amide bonds. The number of aromatic nitrogens is 1. The minimum atomic E-state index is -4.70. The summed E-state index contributed by atoms with van der Waals surface area (Å²) in [6.45, 7) is 4.00. The van der Waals surface area contributed by atoms with Crippen LogP contribution in [0.2, 0.25) is 0 Å². The van der Waals surface area contributed by atoms with Crippen LogP contribution in [0.1, 0.15) is 57.4 Å². The molecule has 6 rings (SSSR count). The van der Waals surface area contributed by atoms with Gasteiger partial charge < -0.3 is 20.2 Å². The van der Waals surface area contributed by atoms with Crippen LogP contribution in [0.3, 0.4) is 0 Å². The molecule has 0 saturated heterocycles. The third kappa shape index (κ3) is 6.11. The zero-order valence-electron chi connectivity index (χ0n) is 28.4. The number of hydrogen-bond acceptors (Lipinski definition) is 7. The summed E-state index contributed by atoms with van der Waals surface area (Å²) in [4.78, 5) is 34.9. The number of carbonyl (C=O) groups is 2. The Labute approximate surface area is 288 Å². The highest BCUT2D eigenvalue weighted by molar-refractivity contribution is 7.92. The van der Waals surface area contributed by atoms with Crippen molar-refractivity contribution in [1.29, 1.82) is 0 Å². The highest BCUT2D eigenvalue weighted by Gasteiger charge is 2.61. The number of amides is 1. The lowest BCUT2D eigenvalue weighted by atomic mass is 9.63. The molecular weight excluding hydrogens is 678 g/mol. The molecule has 1 spiro atoms. The molecule has 4 aliphatic rings. The average Bonchev–Trinajstić information content (AvgIpc) is 3.71. The van der Waals surface area contributed by atoms with E-state index in [4.69, 9.17) is 0 Å². The Morgan fingerprint density at radius 1 is 1.10 bits per heavy atom. The van der Waals surface area contributed by atoms with Crippen LogP contribution in [0, 0.1) is 23.2 Å². The Bertz CT molecular complexity index is 1870. The van der Waals surface area contributed by atoms with Gasteiger partial charge in [0.2, 0.25) is 5.91 Å². The second-order valence-corrected chi connectivity index (χ2v) is 16.0. The molecule has 50 heavy (non-hydrogen) atoms. The molecule has 10 nitrogen and oxygen atoms in total. The van der Waals surface area contributed by atoms with Gasteiger partial charge in [-0.2, -0.15) is 13.2 Å². The molecule has 2 fully saturated rings. The molecule has 3 aliphatic carbocycles. The predicted molar refractivity (Wildman–Crippen MR) is 180 cm³/mol. The Hall–Kier alpha value is -4.14. The number of hydrogen-bond donors (Lipinski definition) is 2. The number of rotatable bonds is 8. The van der Waals surface area contributed by atoms with E-state index >= 15 is 0 Å². The summed E-state index contributed by atoms with van der Waals surface area (Å²) >= 11 is 0. The molecule has 270 valence electrons. The Balaban J connectivity index is 1.26. The zero-order valence-corrected chi connectivity index (χ0v) is 29.2. The minimum absolute atomic E-state index is 0.00297. The van der Waals surface area contributed by atoms with Gasteiger partial charge in [0.05, 0.1) is 35.1 Å². The number of sulfonamides is 1. The largest absolute Gasteiger partial charge is 0.481 e. The van der Waals surface area contributed by atoms with Gasteiger partial charge in [-0.3, -0.25) is 13.9 Å². The van der Waals surface area contributed by atoms with Gasteiger partial charge in [-0.1, -0.05) is 31.6 Å². The summed E-state index contributed by atoms with van der Waals surface area (Å²) in [5, 5.41) is 12.9. The first kappa shape index (κ1) is 35.7. The molecule has 1 aliphatic heterocycles. The van der Waals surface area contributed by atoms with Crippen LogP contribution in [0.15, 0.2) is 64.8 Å². The third-order valence-corrected chi connectivity index (χ3v) is 13.2. The van der Waals surface area contributed by atoms with Crippen molar-refractivity contribution < 1.29 is 40.7 Å². The SMILES string of the molecule is CCC1CC12C[C@H](c1ccc(N(C)S(=O)(=O)c3cnc4c(c3)N(C)C(C)N4C)cc1)[C@@H](C(=O)O)[C@H](C(=O)NC1=CC=C(C(F)(F)F)CC1F)C2. The van der Waals surface area contributed by atoms with Crippen LogP contribution >= 0.6 is 0 Å². The molecule has 1 aromatic carbocycles. The number of alkyl halides is 4. The van der Waals surface area contributed by atoms with Crippen LogP contribution in [0.5, 0.6) is 0 Å². The molecule has 2 N–H and O–H groups in total. The lowest BCUT2D eigenvalue weighted by Crippen LogP contribution is -2.46. The number of carboxylic acids is 1. The van der Waals surface area contributed by atoms with Gasteiger partial charge in [0.1, 0.15) is 11.1 Å². The second-order valence-electron chi connectivity index (χ2n) is 14.1. The number of nitrogens with zero attached hydrogens (tertiary/aromatic N) is 4. The van der Waals surface area contributed by atoms with Gasteiger partial charge >= 0.3 is 12.1 Å². The summed E-state index contributed by atoms with van der Waals surface area (Å²) in [7, 11) is 1.14. The summed E-state index contributed by atoms with van der Waals surface area (Å²) in [5.74, 6) is -3.93. The molecule has 2 heterocycles. The fourth-order valence-corrected chi connectivity index (χ4v) is 9.29. The van der Waals surface area contributed by atoms with Gasteiger partial charge in [0.15, 0.2) is 5.82 Å². The second kappa shape index (κ2) is 12.6. The summed E-state index contributed by atoms with van der Waals surface area (Å²) in [6, 6.07) is 8.14. The lowest BCUT2D eigenvalue weighted by Gasteiger charge is -2.41. The number of carbonyl (C=O) groups excluding carboxylic acids is 1. The van der Waals surface area contributed by atoms with Crippen molar-refractivity contribution in [1.82, 2.24) is 10.3 Å². The maximum Gasteiger partial charge on any atom is 0.412 e. The summed E-state index contributed by atoms with van der Waals surface area (Å²) in [5.41, 5.74) is -0.0581. The van der Waals surface area contributed by atoms with Gasteiger partial charge in [-0.25, -0.2) is 17.8 Å². The fourth-order valence-electron chi connectivity index (χ4n) is 8.13. The van der Waals surface area contributed by atoms with Gasteiger partial charge in [0, 0.05) is 39.3 Å². The van der Waals surface area contributed by atoms with E-state index in [1.165, 1.54) is 13.2 Å². The van der Waals surface area contributed by atoms with Crippen LogP contribution in [0.25, 0.3) is 0 Å². The van der Waals surface area contributed by atoms with Crippen molar-refractivity contribution in [3.63, 3.8) is 0 Å². The number of pyridine rings is 1. The number of nitrogens with one attached hydrogen (secondary N) is 1. The van der Waals surface area contributed by atoms with Crippen molar-refractivity contribution in [2.45, 2.75) is 75.3 Å². The first-order valence-electron chi connectivity index (χ1n) is 16.6. The molecule has 4 unspecified atom stereocenters. The first-order chi connectivity index (χ1) is 23.4. The Kier molecular flexibility index (Phi) is 8.97. The first-order valence-corrected chi connectivity index (χ1v) is 18.0. The molecule has 2 saturated carbocycles. The molecule has 1 aromatic heterocycles. The Morgan fingerprint density at radius 3 is 2.36 bits per heavy atom. The monoisotopic (exact) mass is 719 g/mol. The molecule has 2 aromatic rings. The third-order valence-electron chi connectivity index (χ3n) is 11.4. The smallest absolute Gasteiger partial charge is 0.412 e. The molecule has 0 radical (unpaired) electrons. The van der Waals surface area contributed by atoms with E-state index in [2.05, 4.69) is 10.3 Å². The van der Waals surface area contributed by atoms with E-state index in [9.17, 15) is 40.7 Å². The number of fused-ring (bicyclic) bond motifs is 1. The van der Waals surface area contributed by atoms with E-state index in [-0.39, 0.29) is 34.5 Å². The highest BCUT2D eigenvalue weighted by atomic mass is 32.2. The number of anilines is 3. The van der Waals surface area contributed by atoms with Crippen molar-refractivity contribution >= 4 is 39.1 Å². The fraction of sp³-hybridized carbons (Fsp3) is 0.514. The summed E-state index contributed by atoms with van der Waals surface area (Å²) in [6.07, 6.45) is -2.42. The number of aliphatic carboxylic acids is 1. The minimum Gasteiger partial charge on any atom is -0.481 e. The normalized spacial score (nSPS) is 29.3. The van der Waals surface area contributed by atoms with E-state index in [0.29, 0.717) is 29.2 Å². The topological polar surface area (TPSA) is 123 Å². The molecule has 15 heteroatoms. The van der Waals surface area contributed by atoms with E-state index in [0.717, 1.165) is 29.3 Å². The van der Waals surface area contributed by atoms with Gasteiger partial charge in [0.25, 0.3) is 10.0 Å². The molecular formula is C35H41F4N5O5S. The molecule has 0 bridgehead atoms. The van der Waals surface area contributed by atoms with Crippen LogP contribution < -0.4 is 19.4 Å². The maximum absolute atomic E-state index is 14.8. The van der Waals surface area contributed by atoms with Crippen LogP contribution in [-0.4, -0.2) is 70.0 Å². The van der Waals surface area contributed by atoms with Crippen LogP contribution in [-0.2, 0) is 19.6 Å². The van der Waals surface area contributed by atoms with Crippen LogP contribution in [0.4, 0.5) is 34.8 Å². The zero-order chi connectivity index (χ0) is 36.5. The lowest BCUT2D eigenvalue weighted by molar-refractivity contribution is -0.151. The number of allylic oxidation sites excluding steroid dienone is 4. The highest BCUT2D eigenvalue weighted by Crippen LogP contribution is 2.67. The van der Waals surface area contributed by atoms with E-state index in [1.54, 1.807) is 30.3 Å². The van der Waals surface area contributed by atoms with E-state index < -0.39 is 64.0 Å². The standard InChI is InChI=1S/C35H41F4N5O5S/c1-6-21-15-34(21)16-25(30(33(46)47)26(17-34)32(45)41-28-12-9-22(13-27(28)36)35(37,38)39)20-7-10-23(11-8-20)44(5)50(48,49)24-14-29-31(40-18-24)43(4)19(2)42(29)3/h7-12,14,18-19,21,25-27,30H,6,13,15-17H2,1-5H3,(H,41,45)(H,46,47)/t19?,21?,25-,26-,27?,30-,34?/m1/s1. The molecule has 7 atom stereocenters. The van der Waals surface area contributed by atoms with Crippen molar-refractivity contribution in [3.8, 4) is 0 Å². The number of halogens is 4. The number of benzene rings is 1. The Morgan fingerprint density at radius 2 is 1.78 bits per heavy atom. The van der Waals surface area contributed by atoms with Crippen molar-refractivity contribution in [2.24, 2.45) is 23.2 Å². The summed E-state index contributed by atoms with van der Waals surface area (Å²) < 4.78 is 82.8. The van der Waals surface area contributed by atoms with Gasteiger partial charge in [-0.05, 0) is 73.3 Å². The van der Waals surface area contributed by atoms with Crippen molar-refractivity contribution in [3.05, 3.63) is 65.5 Å². The van der Waals surface area contributed by atoms with Crippen molar-refractivity contribution in [2.75, 3.05) is 35.2 Å². The van der Waals surface area contributed by atoms with Gasteiger partial charge in [-0.15, -0.1) is 0 Å². The average molecular weight is 720 g/mol. The number of carboxylic acid groups (broad SMARTS) is 1. The predicted octanol–water partition coefficient (Wildman–Crippen LogP) is 5.98.